The second kappa shape index (κ2) is 7.89. The van der Waals surface area contributed by atoms with E-state index in [0.717, 1.165) is 11.3 Å². The number of hydrogen-bond acceptors (Lipinski definition) is 3. The zero-order valence-corrected chi connectivity index (χ0v) is 12.4. The highest BCUT2D eigenvalue weighted by atomic mass is 35.5. The van der Waals surface area contributed by atoms with E-state index in [2.05, 4.69) is 5.32 Å². The maximum Gasteiger partial charge on any atom is 0.230 e. The van der Waals surface area contributed by atoms with Gasteiger partial charge < -0.3 is 11.1 Å². The fraction of sp³-hybridized carbons (Fsp3) is 0.417. The summed E-state index contributed by atoms with van der Waals surface area (Å²) in [5.41, 5.74) is 5.59. The molecule has 1 rings (SSSR count). The summed E-state index contributed by atoms with van der Waals surface area (Å²) in [6.07, 6.45) is 0.772. The smallest absolute Gasteiger partial charge is 0.230 e. The summed E-state index contributed by atoms with van der Waals surface area (Å²) >= 11 is 13.2. The molecule has 0 aliphatic rings. The topological polar surface area (TPSA) is 55.1 Å². The van der Waals surface area contributed by atoms with E-state index in [-0.39, 0.29) is 11.9 Å². The minimum Gasteiger partial charge on any atom is -0.355 e. The van der Waals surface area contributed by atoms with Crippen molar-refractivity contribution in [3.05, 3.63) is 28.2 Å². The number of rotatable bonds is 6. The lowest BCUT2D eigenvalue weighted by atomic mass is 10.2. The molecule has 0 fully saturated rings. The van der Waals surface area contributed by atoms with E-state index >= 15 is 0 Å². The van der Waals surface area contributed by atoms with Crippen LogP contribution in [-0.4, -0.2) is 24.2 Å². The molecule has 1 unspecified atom stereocenters. The van der Waals surface area contributed by atoms with Gasteiger partial charge in [-0.05, 0) is 31.5 Å². The third-order valence-corrected chi connectivity index (χ3v) is 3.91. The minimum atomic E-state index is -0.0308. The SMILES string of the molecule is CC(N)CCNC(=O)CSc1cc(Cl)ccc1Cl. The average molecular weight is 307 g/mol. The molecule has 6 heteroatoms. The van der Waals surface area contributed by atoms with Crippen molar-refractivity contribution in [2.75, 3.05) is 12.3 Å². The van der Waals surface area contributed by atoms with Crippen LogP contribution in [0.15, 0.2) is 23.1 Å². The molecule has 1 aromatic carbocycles. The number of thioether (sulfide) groups is 1. The third-order valence-electron chi connectivity index (χ3n) is 2.17. The molecular formula is C12H16Cl2N2OS. The molecule has 0 heterocycles. The van der Waals surface area contributed by atoms with E-state index in [1.54, 1.807) is 18.2 Å². The summed E-state index contributed by atoms with van der Waals surface area (Å²) in [6, 6.07) is 5.29. The molecule has 3 nitrogen and oxygen atoms in total. The van der Waals surface area contributed by atoms with Crippen molar-refractivity contribution < 1.29 is 4.79 Å². The zero-order chi connectivity index (χ0) is 13.5. The maximum absolute atomic E-state index is 11.5. The van der Waals surface area contributed by atoms with Gasteiger partial charge in [-0.1, -0.05) is 23.2 Å². The summed E-state index contributed by atoms with van der Waals surface area (Å²) in [4.78, 5) is 12.4. The van der Waals surface area contributed by atoms with Crippen LogP contribution in [-0.2, 0) is 4.79 Å². The van der Waals surface area contributed by atoms with Gasteiger partial charge in [0.05, 0.1) is 10.8 Å². The number of halogens is 2. The molecule has 0 saturated heterocycles. The largest absolute Gasteiger partial charge is 0.355 e. The number of benzene rings is 1. The lowest BCUT2D eigenvalue weighted by molar-refractivity contribution is -0.118. The molecule has 0 bridgehead atoms. The maximum atomic E-state index is 11.5. The molecule has 0 aliphatic carbocycles. The monoisotopic (exact) mass is 306 g/mol. The highest BCUT2D eigenvalue weighted by Crippen LogP contribution is 2.29. The van der Waals surface area contributed by atoms with Gasteiger partial charge in [0.1, 0.15) is 0 Å². The van der Waals surface area contributed by atoms with E-state index in [1.165, 1.54) is 11.8 Å². The summed E-state index contributed by atoms with van der Waals surface area (Å²) in [5, 5.41) is 4.02. The highest BCUT2D eigenvalue weighted by molar-refractivity contribution is 8.00. The van der Waals surface area contributed by atoms with Crippen molar-refractivity contribution >= 4 is 40.9 Å². The molecule has 0 spiro atoms. The fourth-order valence-corrected chi connectivity index (χ4v) is 2.54. The zero-order valence-electron chi connectivity index (χ0n) is 10.1. The van der Waals surface area contributed by atoms with Gasteiger partial charge in [0.25, 0.3) is 0 Å². The Bertz CT molecular complexity index is 413. The minimum absolute atomic E-state index is 0.0308. The van der Waals surface area contributed by atoms with Crippen LogP contribution in [0, 0.1) is 0 Å². The van der Waals surface area contributed by atoms with Gasteiger partial charge in [0.15, 0.2) is 0 Å². The summed E-state index contributed by atoms with van der Waals surface area (Å²) < 4.78 is 0. The van der Waals surface area contributed by atoms with Crippen LogP contribution >= 0.6 is 35.0 Å². The van der Waals surface area contributed by atoms with Crippen LogP contribution in [0.2, 0.25) is 10.0 Å². The molecule has 1 amide bonds. The Kier molecular flexibility index (Phi) is 6.86. The Hall–Kier alpha value is -0.420. The Labute approximate surface area is 121 Å². The predicted molar refractivity (Wildman–Crippen MR) is 78.5 cm³/mol. The van der Waals surface area contributed by atoms with Crippen molar-refractivity contribution in [3.63, 3.8) is 0 Å². The molecule has 3 N–H and O–H groups in total. The number of carbonyl (C=O) groups excluding carboxylic acids is 1. The van der Waals surface area contributed by atoms with Gasteiger partial charge in [-0.2, -0.15) is 0 Å². The Morgan fingerprint density at radius 2 is 2.22 bits per heavy atom. The van der Waals surface area contributed by atoms with Crippen LogP contribution in [0.4, 0.5) is 0 Å². The predicted octanol–water partition coefficient (Wildman–Crippen LogP) is 2.94. The standard InChI is InChI=1S/C12H16Cl2N2OS/c1-8(15)4-5-16-12(17)7-18-11-6-9(13)2-3-10(11)14/h2-3,6,8H,4-5,7,15H2,1H3,(H,16,17). The normalized spacial score (nSPS) is 12.2. The highest BCUT2D eigenvalue weighted by Gasteiger charge is 2.06. The fourth-order valence-electron chi connectivity index (χ4n) is 1.22. The van der Waals surface area contributed by atoms with Crippen molar-refractivity contribution in [3.8, 4) is 0 Å². The molecule has 0 radical (unpaired) electrons. The van der Waals surface area contributed by atoms with Crippen molar-refractivity contribution in [1.82, 2.24) is 5.32 Å². The van der Waals surface area contributed by atoms with Gasteiger partial charge in [0, 0.05) is 22.5 Å². The Morgan fingerprint density at radius 1 is 1.50 bits per heavy atom. The molecule has 1 aromatic rings. The molecule has 0 aliphatic heterocycles. The lowest BCUT2D eigenvalue weighted by Gasteiger charge is -2.08. The van der Waals surface area contributed by atoms with Crippen LogP contribution in [0.3, 0.4) is 0 Å². The molecule has 0 aromatic heterocycles. The van der Waals surface area contributed by atoms with E-state index in [4.69, 9.17) is 28.9 Å². The van der Waals surface area contributed by atoms with Crippen molar-refractivity contribution in [2.24, 2.45) is 5.73 Å². The number of nitrogens with one attached hydrogen (secondary N) is 1. The first-order valence-corrected chi connectivity index (χ1v) is 7.33. The first-order valence-electron chi connectivity index (χ1n) is 5.59. The third kappa shape index (κ3) is 5.96. The summed E-state index contributed by atoms with van der Waals surface area (Å²) in [7, 11) is 0. The Balaban J connectivity index is 2.36. The second-order valence-electron chi connectivity index (χ2n) is 3.98. The van der Waals surface area contributed by atoms with Gasteiger partial charge in [-0.25, -0.2) is 0 Å². The number of hydrogen-bond donors (Lipinski definition) is 2. The van der Waals surface area contributed by atoms with Crippen molar-refractivity contribution in [1.29, 1.82) is 0 Å². The lowest BCUT2D eigenvalue weighted by Crippen LogP contribution is -2.30. The second-order valence-corrected chi connectivity index (χ2v) is 5.84. The molecular weight excluding hydrogens is 291 g/mol. The Morgan fingerprint density at radius 3 is 2.89 bits per heavy atom. The van der Waals surface area contributed by atoms with E-state index in [0.29, 0.717) is 22.3 Å². The molecule has 100 valence electrons. The summed E-state index contributed by atoms with van der Waals surface area (Å²) in [5.74, 6) is 0.288. The number of nitrogens with two attached hydrogens (primary N) is 1. The molecule has 1 atom stereocenters. The van der Waals surface area contributed by atoms with Crippen LogP contribution in [0.1, 0.15) is 13.3 Å². The van der Waals surface area contributed by atoms with E-state index in [9.17, 15) is 4.79 Å². The van der Waals surface area contributed by atoms with E-state index in [1.807, 2.05) is 6.92 Å². The van der Waals surface area contributed by atoms with E-state index < -0.39 is 0 Å². The first-order chi connectivity index (χ1) is 8.49. The van der Waals surface area contributed by atoms with Crippen LogP contribution in [0.5, 0.6) is 0 Å². The van der Waals surface area contributed by atoms with Crippen LogP contribution < -0.4 is 11.1 Å². The first kappa shape index (κ1) is 15.6. The van der Waals surface area contributed by atoms with Gasteiger partial charge in [-0.3, -0.25) is 4.79 Å². The quantitative estimate of drug-likeness (QED) is 0.795. The molecule has 18 heavy (non-hydrogen) atoms. The van der Waals surface area contributed by atoms with Gasteiger partial charge in [0.2, 0.25) is 5.91 Å². The summed E-state index contributed by atoms with van der Waals surface area (Å²) in [6.45, 7) is 2.51. The van der Waals surface area contributed by atoms with Crippen molar-refractivity contribution in [2.45, 2.75) is 24.3 Å². The number of carbonyl (C=O) groups is 1. The molecule has 0 saturated carbocycles. The average Bonchev–Trinajstić information content (AvgIpc) is 2.30. The van der Waals surface area contributed by atoms with Gasteiger partial charge in [-0.15, -0.1) is 11.8 Å². The van der Waals surface area contributed by atoms with Crippen LogP contribution in [0.25, 0.3) is 0 Å². The van der Waals surface area contributed by atoms with Gasteiger partial charge >= 0.3 is 0 Å². The number of amides is 1.